The van der Waals surface area contributed by atoms with Gasteiger partial charge in [-0.2, -0.15) is 0 Å². The van der Waals surface area contributed by atoms with Crippen molar-refractivity contribution in [1.82, 2.24) is 14.9 Å². The van der Waals surface area contributed by atoms with E-state index in [0.29, 0.717) is 6.54 Å². The number of hydrogen-bond donors (Lipinski definition) is 1. The third-order valence-corrected chi connectivity index (χ3v) is 6.21. The number of aromatic nitrogens is 2. The molecule has 0 aromatic carbocycles. The highest BCUT2D eigenvalue weighted by Crippen LogP contribution is 2.31. The number of hydrogen-bond acceptors (Lipinski definition) is 7. The molecule has 0 unspecified atom stereocenters. The van der Waals surface area contributed by atoms with Gasteiger partial charge in [-0.15, -0.1) is 11.8 Å². The van der Waals surface area contributed by atoms with Crippen LogP contribution in [0.3, 0.4) is 0 Å². The lowest BCUT2D eigenvalue weighted by Crippen LogP contribution is -2.46. The van der Waals surface area contributed by atoms with E-state index in [1.807, 2.05) is 51.5 Å². The molecular weight excluding hydrogens is 380 g/mol. The summed E-state index contributed by atoms with van der Waals surface area (Å²) in [6.07, 6.45) is 7.29. The molecule has 0 bridgehead atoms. The van der Waals surface area contributed by atoms with Gasteiger partial charge in [0.15, 0.2) is 5.13 Å². The first kappa shape index (κ1) is 19.9. The van der Waals surface area contributed by atoms with E-state index in [0.717, 1.165) is 30.3 Å². The predicted octanol–water partition coefficient (Wildman–Crippen LogP) is 4.64. The summed E-state index contributed by atoms with van der Waals surface area (Å²) < 4.78 is 6.67. The zero-order valence-electron chi connectivity index (χ0n) is 16.0. The molecule has 6 nitrogen and oxygen atoms in total. The highest BCUT2D eigenvalue weighted by atomic mass is 32.2. The van der Waals surface area contributed by atoms with Crippen LogP contribution in [0, 0.1) is 0 Å². The first-order valence-corrected chi connectivity index (χ1v) is 10.9. The Hall–Kier alpha value is -1.80. The topological polar surface area (TPSA) is 67.3 Å². The molecule has 0 aliphatic carbocycles. The number of pyridine rings is 1. The van der Waals surface area contributed by atoms with Crippen LogP contribution >= 0.6 is 23.1 Å². The Bertz CT molecular complexity index is 746. The maximum Gasteiger partial charge on any atom is 0.410 e. The minimum atomic E-state index is -0.465. The van der Waals surface area contributed by atoms with Crippen molar-refractivity contribution in [2.24, 2.45) is 0 Å². The molecule has 1 aliphatic heterocycles. The molecule has 1 amide bonds. The number of thioether (sulfide) groups is 1. The van der Waals surface area contributed by atoms with E-state index in [4.69, 9.17) is 4.74 Å². The average molecular weight is 407 g/mol. The van der Waals surface area contributed by atoms with Crippen LogP contribution in [0.4, 0.5) is 9.93 Å². The van der Waals surface area contributed by atoms with E-state index < -0.39 is 5.60 Å². The van der Waals surface area contributed by atoms with Gasteiger partial charge in [0.05, 0.1) is 10.4 Å². The van der Waals surface area contributed by atoms with Gasteiger partial charge < -0.3 is 15.0 Å². The Labute approximate surface area is 168 Å². The lowest BCUT2D eigenvalue weighted by Gasteiger charge is -2.34. The van der Waals surface area contributed by atoms with Gasteiger partial charge in [0.1, 0.15) is 5.60 Å². The summed E-state index contributed by atoms with van der Waals surface area (Å²) in [6.45, 7) is 7.08. The van der Waals surface area contributed by atoms with E-state index >= 15 is 0 Å². The molecule has 3 heterocycles. The van der Waals surface area contributed by atoms with Gasteiger partial charge in [0.2, 0.25) is 0 Å². The number of thiazole rings is 1. The number of likely N-dealkylation sites (tertiary alicyclic amines) is 1. The number of carbonyl (C=O) groups is 1. The summed E-state index contributed by atoms with van der Waals surface area (Å²) in [4.78, 5) is 22.6. The van der Waals surface area contributed by atoms with Gasteiger partial charge in [0, 0.05) is 37.3 Å². The van der Waals surface area contributed by atoms with Crippen molar-refractivity contribution < 1.29 is 9.53 Å². The van der Waals surface area contributed by atoms with E-state index in [1.165, 1.54) is 9.77 Å². The van der Waals surface area contributed by atoms with Crippen LogP contribution < -0.4 is 5.32 Å². The van der Waals surface area contributed by atoms with Crippen LogP contribution in [0.1, 0.15) is 39.2 Å². The second kappa shape index (κ2) is 8.93. The second-order valence-corrected chi connectivity index (χ2v) is 9.84. The number of ether oxygens (including phenoxy) is 1. The number of piperidine rings is 1. The smallest absolute Gasteiger partial charge is 0.410 e. The Morgan fingerprint density at radius 3 is 2.93 bits per heavy atom. The molecule has 0 spiro atoms. The summed E-state index contributed by atoms with van der Waals surface area (Å²) in [5, 5.41) is 4.39. The molecule has 1 aliphatic rings. The van der Waals surface area contributed by atoms with Crippen LogP contribution in [-0.2, 0) is 10.5 Å². The first-order chi connectivity index (χ1) is 12.9. The van der Waals surface area contributed by atoms with E-state index in [1.54, 1.807) is 28.0 Å². The third kappa shape index (κ3) is 6.39. The lowest BCUT2D eigenvalue weighted by atomic mass is 10.1. The highest BCUT2D eigenvalue weighted by Gasteiger charge is 2.27. The average Bonchev–Trinajstić information content (AvgIpc) is 3.07. The minimum absolute atomic E-state index is 0.204. The Morgan fingerprint density at radius 2 is 2.19 bits per heavy atom. The molecule has 2 aromatic heterocycles. The number of carbonyl (C=O) groups excluding carboxylic acids is 1. The third-order valence-electron chi connectivity index (χ3n) is 4.02. The van der Waals surface area contributed by atoms with Crippen molar-refractivity contribution in [2.45, 2.75) is 55.2 Å². The number of nitrogens with one attached hydrogen (secondary N) is 1. The second-order valence-electron chi connectivity index (χ2n) is 7.54. The van der Waals surface area contributed by atoms with E-state index in [-0.39, 0.29) is 12.1 Å². The highest BCUT2D eigenvalue weighted by molar-refractivity contribution is 8.00. The lowest BCUT2D eigenvalue weighted by molar-refractivity contribution is 0.0206. The fraction of sp³-hybridized carbons (Fsp3) is 0.526. The van der Waals surface area contributed by atoms with Crippen molar-refractivity contribution >= 4 is 34.3 Å². The van der Waals surface area contributed by atoms with E-state index in [2.05, 4.69) is 15.3 Å². The largest absolute Gasteiger partial charge is 0.444 e. The molecular formula is C19H26N4O2S2. The zero-order valence-corrected chi connectivity index (χ0v) is 17.6. The zero-order chi connectivity index (χ0) is 19.3. The van der Waals surface area contributed by atoms with Crippen LogP contribution in [0.2, 0.25) is 0 Å². The summed E-state index contributed by atoms with van der Waals surface area (Å²) >= 11 is 3.43. The van der Waals surface area contributed by atoms with Gasteiger partial charge in [0.25, 0.3) is 0 Å². The van der Waals surface area contributed by atoms with Crippen LogP contribution in [0.5, 0.6) is 0 Å². The van der Waals surface area contributed by atoms with Crippen molar-refractivity contribution in [3.63, 3.8) is 0 Å². The fourth-order valence-corrected chi connectivity index (χ4v) is 4.69. The van der Waals surface area contributed by atoms with Crippen molar-refractivity contribution in [3.05, 3.63) is 36.3 Å². The monoisotopic (exact) mass is 406 g/mol. The summed E-state index contributed by atoms with van der Waals surface area (Å²) in [5.41, 5.74) is 0.784. The van der Waals surface area contributed by atoms with Gasteiger partial charge in [-0.25, -0.2) is 9.78 Å². The molecule has 146 valence electrons. The molecule has 1 saturated heterocycles. The Balaban J connectivity index is 1.50. The van der Waals surface area contributed by atoms with Crippen molar-refractivity contribution in [1.29, 1.82) is 0 Å². The molecule has 2 aromatic rings. The maximum atomic E-state index is 12.3. The number of amides is 1. The standard InChI is InChI=1S/C19H26N4O2S2/c1-19(2,3)25-18(24)23-10-4-5-15(12-23)22-17-21-11-16(27-17)26-13-14-6-8-20-9-7-14/h6-9,11,15H,4-5,10,12-13H2,1-3H3,(H,21,22)/t15-/m1/s1. The van der Waals surface area contributed by atoms with Crippen molar-refractivity contribution in [3.8, 4) is 0 Å². The number of anilines is 1. The fourth-order valence-electron chi connectivity index (χ4n) is 2.79. The molecule has 1 fully saturated rings. The first-order valence-electron chi connectivity index (χ1n) is 9.11. The number of nitrogens with zero attached hydrogens (tertiary/aromatic N) is 3. The molecule has 27 heavy (non-hydrogen) atoms. The minimum Gasteiger partial charge on any atom is -0.444 e. The van der Waals surface area contributed by atoms with Gasteiger partial charge >= 0.3 is 6.09 Å². The van der Waals surface area contributed by atoms with E-state index in [9.17, 15) is 4.79 Å². The summed E-state index contributed by atoms with van der Waals surface area (Å²) in [5.74, 6) is 0.903. The summed E-state index contributed by atoms with van der Waals surface area (Å²) in [6, 6.07) is 4.26. The van der Waals surface area contributed by atoms with Gasteiger partial charge in [-0.05, 0) is 51.3 Å². The molecule has 0 radical (unpaired) electrons. The molecule has 3 rings (SSSR count). The van der Waals surface area contributed by atoms with Crippen LogP contribution in [0.25, 0.3) is 0 Å². The van der Waals surface area contributed by atoms with Crippen LogP contribution in [-0.4, -0.2) is 45.7 Å². The molecule has 1 atom stereocenters. The SMILES string of the molecule is CC(C)(C)OC(=O)N1CCC[C@@H](Nc2ncc(SCc3ccncc3)s2)C1. The van der Waals surface area contributed by atoms with Gasteiger partial charge in [-0.3, -0.25) is 4.98 Å². The predicted molar refractivity (Wildman–Crippen MR) is 110 cm³/mol. The Morgan fingerprint density at radius 1 is 1.41 bits per heavy atom. The van der Waals surface area contributed by atoms with Gasteiger partial charge in [-0.1, -0.05) is 11.3 Å². The van der Waals surface area contributed by atoms with Crippen molar-refractivity contribution in [2.75, 3.05) is 18.4 Å². The molecule has 8 heteroatoms. The Kier molecular flexibility index (Phi) is 6.59. The normalized spacial score (nSPS) is 17.6. The molecule has 1 N–H and O–H groups in total. The number of rotatable bonds is 5. The van der Waals surface area contributed by atoms with Crippen LogP contribution in [0.15, 0.2) is 34.9 Å². The summed E-state index contributed by atoms with van der Waals surface area (Å²) in [7, 11) is 0. The maximum absolute atomic E-state index is 12.3. The molecule has 0 saturated carbocycles. The quantitative estimate of drug-likeness (QED) is 0.730.